The molecule has 6 nitrogen and oxygen atoms in total. The number of benzene rings is 1. The Morgan fingerprint density at radius 3 is 2.74 bits per heavy atom. The van der Waals surface area contributed by atoms with E-state index in [1.807, 2.05) is 55.0 Å². The zero-order chi connectivity index (χ0) is 22.5. The first-order chi connectivity index (χ1) is 14.8. The van der Waals surface area contributed by atoms with Gasteiger partial charge in [-0.15, -0.1) is 11.3 Å². The molecule has 1 N–H and O–H groups in total. The van der Waals surface area contributed by atoms with Gasteiger partial charge in [0.2, 0.25) is 0 Å². The summed E-state index contributed by atoms with van der Waals surface area (Å²) in [5.41, 5.74) is 2.98. The summed E-state index contributed by atoms with van der Waals surface area (Å²) in [6.45, 7) is 6.37. The first-order valence-corrected chi connectivity index (χ1v) is 11.3. The predicted octanol–water partition coefficient (Wildman–Crippen LogP) is 4.46. The van der Waals surface area contributed by atoms with Crippen molar-refractivity contribution >= 4 is 28.8 Å². The van der Waals surface area contributed by atoms with Crippen LogP contribution in [0.2, 0.25) is 5.02 Å². The molecule has 164 valence electrons. The molecule has 8 heteroatoms. The lowest BCUT2D eigenvalue weighted by Gasteiger charge is -2.20. The van der Waals surface area contributed by atoms with Crippen LogP contribution < -0.4 is 10.7 Å². The molecule has 0 fully saturated rings. The van der Waals surface area contributed by atoms with Gasteiger partial charge in [-0.1, -0.05) is 23.7 Å². The molecule has 2 aromatic heterocycles. The summed E-state index contributed by atoms with van der Waals surface area (Å²) in [6, 6.07) is 8.86. The highest BCUT2D eigenvalue weighted by molar-refractivity contribution is 7.09. The Kier molecular flexibility index (Phi) is 7.64. The molecular formula is C23H26ClN3O3S. The fourth-order valence-corrected chi connectivity index (χ4v) is 4.45. The van der Waals surface area contributed by atoms with Gasteiger partial charge in [-0.05, 0) is 44.9 Å². The van der Waals surface area contributed by atoms with Gasteiger partial charge in [-0.25, -0.2) is 4.98 Å². The highest BCUT2D eigenvalue weighted by atomic mass is 35.5. The molecule has 3 rings (SSSR count). The second kappa shape index (κ2) is 10.2. The molecule has 0 bridgehead atoms. The number of pyridine rings is 1. The van der Waals surface area contributed by atoms with Crippen molar-refractivity contribution in [1.29, 1.82) is 0 Å². The molecule has 3 aromatic rings. The lowest BCUT2D eigenvalue weighted by Crippen LogP contribution is -2.34. The average molecular weight is 460 g/mol. The maximum atomic E-state index is 13.1. The van der Waals surface area contributed by atoms with Crippen LogP contribution in [-0.2, 0) is 24.3 Å². The Morgan fingerprint density at radius 1 is 1.32 bits per heavy atom. The van der Waals surface area contributed by atoms with Gasteiger partial charge < -0.3 is 14.6 Å². The lowest BCUT2D eigenvalue weighted by molar-refractivity contribution is 0.0930. The first-order valence-electron chi connectivity index (χ1n) is 9.99. The van der Waals surface area contributed by atoms with Crippen molar-refractivity contribution in [1.82, 2.24) is 14.9 Å². The third kappa shape index (κ3) is 5.61. The monoisotopic (exact) mass is 459 g/mol. The number of carbonyl (C=O) groups excluding carboxylic acids is 1. The summed E-state index contributed by atoms with van der Waals surface area (Å²) in [7, 11) is 1.55. The van der Waals surface area contributed by atoms with Crippen LogP contribution in [-0.4, -0.2) is 22.6 Å². The number of aromatic nitrogens is 2. The molecule has 0 aliphatic carbocycles. The Balaban J connectivity index is 1.92. The Hall–Kier alpha value is -2.48. The molecular weight excluding hydrogens is 434 g/mol. The number of ether oxygens (including phenoxy) is 1. The molecule has 0 aliphatic heterocycles. The third-order valence-corrected chi connectivity index (χ3v) is 6.10. The number of rotatable bonds is 8. The van der Waals surface area contributed by atoms with Crippen molar-refractivity contribution in [2.75, 3.05) is 7.11 Å². The molecule has 0 saturated carbocycles. The topological polar surface area (TPSA) is 73.2 Å². The summed E-state index contributed by atoms with van der Waals surface area (Å²) in [5.74, 6) is -0.424. The highest BCUT2D eigenvalue weighted by Gasteiger charge is 2.22. The summed E-state index contributed by atoms with van der Waals surface area (Å²) in [5, 5.41) is 6.43. The summed E-state index contributed by atoms with van der Waals surface area (Å²) < 4.78 is 7.33. The molecule has 0 unspecified atom stereocenters. The van der Waals surface area contributed by atoms with Crippen molar-refractivity contribution in [3.05, 3.63) is 84.2 Å². The molecule has 1 aromatic carbocycles. The van der Waals surface area contributed by atoms with Gasteiger partial charge in [0.15, 0.2) is 5.43 Å². The fourth-order valence-electron chi connectivity index (χ4n) is 3.53. The van der Waals surface area contributed by atoms with E-state index in [2.05, 4.69) is 10.3 Å². The van der Waals surface area contributed by atoms with E-state index in [1.54, 1.807) is 7.11 Å². The number of hydrogen-bond acceptors (Lipinski definition) is 5. The van der Waals surface area contributed by atoms with Gasteiger partial charge in [0, 0.05) is 35.8 Å². The van der Waals surface area contributed by atoms with Gasteiger partial charge in [0.05, 0.1) is 29.0 Å². The number of thiazole rings is 1. The van der Waals surface area contributed by atoms with Crippen LogP contribution in [0.25, 0.3) is 0 Å². The molecule has 1 atom stereocenters. The van der Waals surface area contributed by atoms with Gasteiger partial charge in [0.25, 0.3) is 5.91 Å². The Labute approximate surface area is 190 Å². The number of amides is 1. The van der Waals surface area contributed by atoms with E-state index in [0.717, 1.165) is 22.0 Å². The lowest BCUT2D eigenvalue weighted by atomic mass is 10.1. The quantitative estimate of drug-likeness (QED) is 0.540. The van der Waals surface area contributed by atoms with Gasteiger partial charge in [-0.2, -0.15) is 0 Å². The van der Waals surface area contributed by atoms with E-state index in [0.29, 0.717) is 23.7 Å². The van der Waals surface area contributed by atoms with Crippen LogP contribution in [0.1, 0.15) is 51.0 Å². The van der Waals surface area contributed by atoms with Crippen molar-refractivity contribution in [2.24, 2.45) is 0 Å². The number of hydrogen-bond donors (Lipinski definition) is 1. The van der Waals surface area contributed by atoms with E-state index in [9.17, 15) is 9.59 Å². The fraction of sp³-hybridized carbons (Fsp3) is 0.348. The number of carbonyl (C=O) groups is 1. The molecule has 31 heavy (non-hydrogen) atoms. The van der Waals surface area contributed by atoms with Crippen molar-refractivity contribution < 1.29 is 9.53 Å². The highest BCUT2D eigenvalue weighted by Crippen LogP contribution is 2.18. The van der Waals surface area contributed by atoms with E-state index < -0.39 is 5.91 Å². The minimum Gasteiger partial charge on any atom is -0.378 e. The summed E-state index contributed by atoms with van der Waals surface area (Å²) >= 11 is 7.62. The van der Waals surface area contributed by atoms with E-state index >= 15 is 0 Å². The number of methoxy groups -OCH3 is 1. The smallest absolute Gasteiger partial charge is 0.257 e. The molecule has 0 aliphatic rings. The largest absolute Gasteiger partial charge is 0.378 e. The number of nitrogens with one attached hydrogen (secondary N) is 1. The maximum absolute atomic E-state index is 13.1. The van der Waals surface area contributed by atoms with Crippen LogP contribution in [0.4, 0.5) is 0 Å². The van der Waals surface area contributed by atoms with E-state index in [4.69, 9.17) is 16.3 Å². The van der Waals surface area contributed by atoms with E-state index in [1.165, 1.54) is 17.4 Å². The molecule has 0 saturated heterocycles. The maximum Gasteiger partial charge on any atom is 0.257 e. The van der Waals surface area contributed by atoms with Gasteiger partial charge in [0.1, 0.15) is 5.56 Å². The summed E-state index contributed by atoms with van der Waals surface area (Å²) in [6.07, 6.45) is 0.705. The number of halogens is 1. The molecule has 0 radical (unpaired) electrons. The third-order valence-electron chi connectivity index (χ3n) is 5.08. The predicted molar refractivity (Wildman–Crippen MR) is 124 cm³/mol. The minimum absolute atomic E-state index is 0.109. The van der Waals surface area contributed by atoms with Gasteiger partial charge in [-0.3, -0.25) is 9.59 Å². The zero-order valence-corrected chi connectivity index (χ0v) is 19.6. The van der Waals surface area contributed by atoms with Crippen molar-refractivity contribution in [3.63, 3.8) is 0 Å². The first kappa shape index (κ1) is 23.2. The van der Waals surface area contributed by atoms with Crippen molar-refractivity contribution in [3.8, 4) is 0 Å². The second-order valence-electron chi connectivity index (χ2n) is 7.42. The Morgan fingerprint density at radius 2 is 2.10 bits per heavy atom. The molecule has 2 heterocycles. The summed E-state index contributed by atoms with van der Waals surface area (Å²) in [4.78, 5) is 30.3. The van der Waals surface area contributed by atoms with E-state index in [-0.39, 0.29) is 23.6 Å². The normalized spacial score (nSPS) is 12.0. The van der Waals surface area contributed by atoms with Crippen LogP contribution >= 0.6 is 22.9 Å². The number of aryl methyl sites for hydroxylation is 3. The average Bonchev–Trinajstić information content (AvgIpc) is 3.14. The molecule has 0 spiro atoms. The van der Waals surface area contributed by atoms with Crippen LogP contribution in [0.15, 0.2) is 40.5 Å². The molecule has 1 amide bonds. The number of nitrogens with zero attached hydrogens (tertiary/aromatic N) is 2. The standard InChI is InChI=1S/C23H26ClN3O3S/c1-14-10-21(28)22(23(29)25-15(2)19-13-31-16(3)26-19)20(12-30-4)27(14)9-8-17-6-5-7-18(24)11-17/h5-7,10-11,13,15H,8-9,12H2,1-4H3,(H,25,29)/t15-/m1/s1. The minimum atomic E-state index is -0.424. The second-order valence-corrected chi connectivity index (χ2v) is 8.92. The zero-order valence-electron chi connectivity index (χ0n) is 18.1. The van der Waals surface area contributed by atoms with Crippen LogP contribution in [0, 0.1) is 13.8 Å². The van der Waals surface area contributed by atoms with Crippen molar-refractivity contribution in [2.45, 2.75) is 46.4 Å². The Bertz CT molecular complexity index is 1140. The van der Waals surface area contributed by atoms with Gasteiger partial charge >= 0.3 is 0 Å². The van der Waals surface area contributed by atoms with Crippen LogP contribution in [0.3, 0.4) is 0 Å². The van der Waals surface area contributed by atoms with Crippen LogP contribution in [0.5, 0.6) is 0 Å². The SMILES string of the molecule is COCc1c(C(=O)N[C@H](C)c2csc(C)n2)c(=O)cc(C)n1CCc1cccc(Cl)c1.